The zero-order valence-electron chi connectivity index (χ0n) is 35.8. The fourth-order valence-corrected chi connectivity index (χ4v) is 10.0. The van der Waals surface area contributed by atoms with Crippen LogP contribution in [-0.2, 0) is 5.41 Å². The van der Waals surface area contributed by atoms with Gasteiger partial charge in [0.05, 0.1) is 11.4 Å². The van der Waals surface area contributed by atoms with Crippen molar-refractivity contribution in [3.63, 3.8) is 0 Å². The number of aryl methyl sites for hydroxylation is 5. The van der Waals surface area contributed by atoms with Gasteiger partial charge in [0, 0.05) is 57.4 Å². The lowest BCUT2D eigenvalue weighted by Crippen LogP contribution is -2.59. The molecule has 0 saturated carbocycles. The van der Waals surface area contributed by atoms with Crippen LogP contribution in [0.5, 0.6) is 23.0 Å². The summed E-state index contributed by atoms with van der Waals surface area (Å²) < 4.78 is 14.5. The van der Waals surface area contributed by atoms with Gasteiger partial charge >= 0.3 is 0 Å². The summed E-state index contributed by atoms with van der Waals surface area (Å²) in [4.78, 5) is 4.73. The van der Waals surface area contributed by atoms with Gasteiger partial charge in [0.15, 0.2) is 0 Å². The molecule has 0 radical (unpaired) electrons. The fraction of sp³-hybridized carbons (Fsp3) is 0.143. The highest BCUT2D eigenvalue weighted by molar-refractivity contribution is 6.98. The number of rotatable bonds is 6. The van der Waals surface area contributed by atoms with Crippen molar-refractivity contribution < 1.29 is 9.47 Å². The molecular weight excluding hydrogens is 743 g/mol. The van der Waals surface area contributed by atoms with E-state index in [-0.39, 0.29) is 12.1 Å². The lowest BCUT2D eigenvalue weighted by molar-refractivity contribution is 0.464. The van der Waals surface area contributed by atoms with Crippen molar-refractivity contribution in [2.45, 2.75) is 53.9 Å². The number of benzene rings is 8. The molecule has 296 valence electrons. The molecule has 0 aromatic heterocycles. The number of hydrogen-bond donors (Lipinski definition) is 0. The maximum absolute atomic E-state index is 7.46. The molecule has 0 atom stereocenters. The average Bonchev–Trinajstić information content (AvgIpc) is 3.50. The third-order valence-corrected chi connectivity index (χ3v) is 13.1. The van der Waals surface area contributed by atoms with E-state index in [4.69, 9.17) is 9.47 Å². The van der Waals surface area contributed by atoms with Crippen LogP contribution in [0.2, 0.25) is 0 Å². The summed E-state index contributed by atoms with van der Waals surface area (Å²) in [6, 6.07) is 57.6. The predicted octanol–water partition coefficient (Wildman–Crippen LogP) is 13.2. The smallest absolute Gasteiger partial charge is 0.261 e. The van der Waals surface area contributed by atoms with E-state index in [0.717, 1.165) is 68.0 Å². The standard InChI is InChI=1S/C56H47BN2O2/c1-34-12-21-39(22-13-34)58(40-23-14-35(2)15-24-40)43-31-49-54-50(32-43)61-51-33-47(59(41-25-16-36(3)17-26-41)42-27-18-37(4)19-28-42)52-44-10-8-9-11-45(44)56(6,7)53(52)55(51)57(54)46-30-38(5)20-29-48(46)60-49/h8-33H,1-7H3. The molecule has 8 aromatic rings. The van der Waals surface area contributed by atoms with Gasteiger partial charge in [-0.2, -0.15) is 0 Å². The van der Waals surface area contributed by atoms with E-state index in [1.165, 1.54) is 55.5 Å². The number of ether oxygens (including phenoxy) is 2. The Balaban J connectivity index is 1.21. The minimum Gasteiger partial charge on any atom is -0.458 e. The van der Waals surface area contributed by atoms with E-state index in [0.29, 0.717) is 0 Å². The van der Waals surface area contributed by atoms with Crippen molar-refractivity contribution in [3.8, 4) is 34.1 Å². The predicted molar refractivity (Wildman–Crippen MR) is 255 cm³/mol. The highest BCUT2D eigenvalue weighted by Gasteiger charge is 2.49. The fourth-order valence-electron chi connectivity index (χ4n) is 10.0. The largest absolute Gasteiger partial charge is 0.458 e. The first-order valence-electron chi connectivity index (χ1n) is 21.4. The SMILES string of the molecule is Cc1ccc(N(c2ccc(C)cc2)c2cc3c4c(c2)Oc2cc(N(c5ccc(C)cc5)c5ccc(C)cc5)c5c(c2B4c2cc(C)ccc2O3)C(C)(C)c2ccccc2-5)cc1. The molecule has 1 aliphatic carbocycles. The summed E-state index contributed by atoms with van der Waals surface area (Å²) in [6.07, 6.45) is 0. The van der Waals surface area contributed by atoms with Gasteiger partial charge in [0.25, 0.3) is 6.71 Å². The second-order valence-electron chi connectivity index (χ2n) is 17.8. The van der Waals surface area contributed by atoms with Gasteiger partial charge in [-0.25, -0.2) is 0 Å². The Labute approximate surface area is 359 Å². The zero-order valence-corrected chi connectivity index (χ0v) is 35.8. The Bertz CT molecular complexity index is 2950. The Morgan fingerprint density at radius 2 is 0.885 bits per heavy atom. The molecule has 0 N–H and O–H groups in total. The molecule has 0 amide bonds. The number of anilines is 6. The molecule has 0 spiro atoms. The van der Waals surface area contributed by atoms with E-state index >= 15 is 0 Å². The average molecular weight is 791 g/mol. The van der Waals surface area contributed by atoms with E-state index in [2.05, 4.69) is 216 Å². The monoisotopic (exact) mass is 790 g/mol. The molecular formula is C56H47BN2O2. The zero-order chi connectivity index (χ0) is 41.7. The van der Waals surface area contributed by atoms with Crippen LogP contribution in [0, 0.1) is 34.6 Å². The second kappa shape index (κ2) is 13.8. The van der Waals surface area contributed by atoms with E-state index in [1.807, 2.05) is 0 Å². The van der Waals surface area contributed by atoms with Crippen molar-refractivity contribution in [2.24, 2.45) is 0 Å². The lowest BCUT2D eigenvalue weighted by Gasteiger charge is -2.39. The van der Waals surface area contributed by atoms with Gasteiger partial charge in [-0.1, -0.05) is 127 Å². The third kappa shape index (κ3) is 5.90. The molecule has 5 heteroatoms. The Kier molecular flexibility index (Phi) is 8.38. The molecule has 2 heterocycles. The van der Waals surface area contributed by atoms with Gasteiger partial charge in [-0.05, 0) is 117 Å². The minimum atomic E-state index is -0.338. The van der Waals surface area contributed by atoms with Crippen molar-refractivity contribution in [2.75, 3.05) is 9.80 Å². The third-order valence-electron chi connectivity index (χ3n) is 13.1. The van der Waals surface area contributed by atoms with Gasteiger partial charge in [0.1, 0.15) is 23.0 Å². The van der Waals surface area contributed by atoms with Crippen molar-refractivity contribution in [1.29, 1.82) is 0 Å². The molecule has 0 fully saturated rings. The summed E-state index contributed by atoms with van der Waals surface area (Å²) in [7, 11) is 0. The number of nitrogens with zero attached hydrogens (tertiary/aromatic N) is 2. The number of hydrogen-bond acceptors (Lipinski definition) is 4. The molecule has 2 aliphatic heterocycles. The lowest BCUT2D eigenvalue weighted by atomic mass is 9.33. The summed E-state index contributed by atoms with van der Waals surface area (Å²) >= 11 is 0. The Morgan fingerprint density at radius 3 is 1.43 bits per heavy atom. The van der Waals surface area contributed by atoms with Gasteiger partial charge in [-0.3, -0.25) is 0 Å². The number of fused-ring (bicyclic) bond motifs is 8. The van der Waals surface area contributed by atoms with Gasteiger partial charge in [0.2, 0.25) is 0 Å². The molecule has 8 aromatic carbocycles. The van der Waals surface area contributed by atoms with Crippen molar-refractivity contribution in [1.82, 2.24) is 0 Å². The van der Waals surface area contributed by atoms with Crippen LogP contribution in [-0.4, -0.2) is 6.71 Å². The Hall–Kier alpha value is -6.98. The molecule has 4 nitrogen and oxygen atoms in total. The van der Waals surface area contributed by atoms with Gasteiger partial charge < -0.3 is 19.3 Å². The Morgan fingerprint density at radius 1 is 0.426 bits per heavy atom. The molecule has 3 aliphatic rings. The van der Waals surface area contributed by atoms with Crippen LogP contribution in [0.1, 0.15) is 52.8 Å². The van der Waals surface area contributed by atoms with Crippen LogP contribution >= 0.6 is 0 Å². The van der Waals surface area contributed by atoms with Crippen molar-refractivity contribution in [3.05, 3.63) is 197 Å². The molecule has 0 bridgehead atoms. The summed E-state index contributed by atoms with van der Waals surface area (Å²) in [5.74, 6) is 3.36. The molecule has 0 unspecified atom stereocenters. The van der Waals surface area contributed by atoms with Crippen LogP contribution in [0.3, 0.4) is 0 Å². The minimum absolute atomic E-state index is 0.123. The summed E-state index contributed by atoms with van der Waals surface area (Å²) in [5, 5.41) is 0. The molecule has 0 saturated heterocycles. The van der Waals surface area contributed by atoms with Crippen LogP contribution in [0.25, 0.3) is 11.1 Å². The van der Waals surface area contributed by atoms with Crippen molar-refractivity contribution >= 4 is 57.2 Å². The molecule has 11 rings (SSSR count). The van der Waals surface area contributed by atoms with E-state index in [9.17, 15) is 0 Å². The maximum atomic E-state index is 7.46. The van der Waals surface area contributed by atoms with E-state index < -0.39 is 0 Å². The highest BCUT2D eigenvalue weighted by Crippen LogP contribution is 2.56. The topological polar surface area (TPSA) is 24.9 Å². The first kappa shape index (κ1) is 37.1. The van der Waals surface area contributed by atoms with Gasteiger partial charge in [-0.15, -0.1) is 0 Å². The normalized spacial score (nSPS) is 13.5. The summed E-state index contributed by atoms with van der Waals surface area (Å²) in [6.45, 7) is 15.4. The van der Waals surface area contributed by atoms with E-state index in [1.54, 1.807) is 0 Å². The first-order chi connectivity index (χ1) is 29.5. The van der Waals surface area contributed by atoms with Crippen LogP contribution in [0.15, 0.2) is 158 Å². The highest BCUT2D eigenvalue weighted by atomic mass is 16.5. The van der Waals surface area contributed by atoms with Crippen LogP contribution < -0.4 is 35.7 Å². The molecule has 61 heavy (non-hydrogen) atoms. The van der Waals surface area contributed by atoms with Crippen LogP contribution in [0.4, 0.5) is 34.1 Å². The summed E-state index contributed by atoms with van der Waals surface area (Å²) in [5.41, 5.74) is 20.7. The maximum Gasteiger partial charge on any atom is 0.261 e. The first-order valence-corrected chi connectivity index (χ1v) is 21.4. The quantitative estimate of drug-likeness (QED) is 0.157. The second-order valence-corrected chi connectivity index (χ2v) is 17.8.